The summed E-state index contributed by atoms with van der Waals surface area (Å²) in [6.45, 7) is 11.8. The lowest BCUT2D eigenvalue weighted by Crippen LogP contribution is -2.43. The van der Waals surface area contributed by atoms with Crippen LogP contribution >= 0.6 is 11.6 Å². The van der Waals surface area contributed by atoms with Crippen LogP contribution in [0.25, 0.3) is 0 Å². The lowest BCUT2D eigenvalue weighted by Gasteiger charge is -2.30. The monoisotopic (exact) mass is 234 g/mol. The van der Waals surface area contributed by atoms with Crippen molar-refractivity contribution in [3.8, 4) is 0 Å². The zero-order valence-electron chi connectivity index (χ0n) is 10.4. The maximum Gasteiger partial charge on any atom is 0.237 e. The second kappa shape index (κ2) is 7.07. The second-order valence-electron chi connectivity index (χ2n) is 4.33. The van der Waals surface area contributed by atoms with Crippen LogP contribution in [-0.2, 0) is 4.79 Å². The molecule has 1 atom stereocenters. The zero-order valence-corrected chi connectivity index (χ0v) is 11.1. The predicted molar refractivity (Wildman–Crippen MR) is 65.3 cm³/mol. The molecule has 0 saturated heterocycles. The summed E-state index contributed by atoms with van der Waals surface area (Å²) < 4.78 is 0. The van der Waals surface area contributed by atoms with Gasteiger partial charge in [0.1, 0.15) is 5.38 Å². The van der Waals surface area contributed by atoms with Crippen LogP contribution in [0.3, 0.4) is 0 Å². The average Bonchev–Trinajstić information content (AvgIpc) is 2.10. The molecule has 0 radical (unpaired) electrons. The molecule has 0 bridgehead atoms. The van der Waals surface area contributed by atoms with E-state index in [1.807, 2.05) is 0 Å². The Bertz CT molecular complexity index is 185. The number of carbonyl (C=O) groups excluding carboxylic acids is 1. The summed E-state index contributed by atoms with van der Waals surface area (Å²) in [6, 6.07) is 0.991. The van der Waals surface area contributed by atoms with Crippen molar-refractivity contribution in [3.05, 3.63) is 0 Å². The van der Waals surface area contributed by atoms with Gasteiger partial charge in [-0.1, -0.05) is 0 Å². The maximum absolute atomic E-state index is 11.2. The highest BCUT2D eigenvalue weighted by Gasteiger charge is 2.14. The van der Waals surface area contributed by atoms with Gasteiger partial charge in [-0.25, -0.2) is 0 Å². The van der Waals surface area contributed by atoms with E-state index in [2.05, 4.69) is 37.9 Å². The van der Waals surface area contributed by atoms with Gasteiger partial charge in [0, 0.05) is 25.2 Å². The molecule has 0 aromatic carbocycles. The summed E-state index contributed by atoms with van der Waals surface area (Å²) in [6.07, 6.45) is 0. The number of nitrogens with one attached hydrogen (secondary N) is 1. The molecule has 0 aliphatic heterocycles. The largest absolute Gasteiger partial charge is 0.354 e. The summed E-state index contributed by atoms with van der Waals surface area (Å²) >= 11 is 5.64. The Hall–Kier alpha value is -0.280. The first-order valence-electron chi connectivity index (χ1n) is 5.53. The number of alkyl halides is 1. The summed E-state index contributed by atoms with van der Waals surface area (Å²) in [5.74, 6) is -0.0934. The Morgan fingerprint density at radius 2 is 1.67 bits per heavy atom. The van der Waals surface area contributed by atoms with E-state index in [0.29, 0.717) is 18.6 Å². The van der Waals surface area contributed by atoms with Crippen LogP contribution in [0.15, 0.2) is 0 Å². The Morgan fingerprint density at radius 3 is 2.00 bits per heavy atom. The molecule has 0 aliphatic carbocycles. The Morgan fingerprint density at radius 1 is 1.20 bits per heavy atom. The maximum atomic E-state index is 11.2. The molecule has 0 aromatic rings. The molecule has 15 heavy (non-hydrogen) atoms. The molecule has 0 fully saturated rings. The van der Waals surface area contributed by atoms with E-state index in [4.69, 9.17) is 11.6 Å². The molecule has 0 aliphatic rings. The number of nitrogens with zero attached hydrogens (tertiary/aromatic N) is 1. The van der Waals surface area contributed by atoms with Crippen molar-refractivity contribution in [2.45, 2.75) is 52.1 Å². The van der Waals surface area contributed by atoms with E-state index in [1.54, 1.807) is 6.92 Å². The van der Waals surface area contributed by atoms with Gasteiger partial charge in [-0.2, -0.15) is 0 Å². The molecule has 0 saturated carbocycles. The highest BCUT2D eigenvalue weighted by Crippen LogP contribution is 2.03. The van der Waals surface area contributed by atoms with Crippen LogP contribution in [0.2, 0.25) is 0 Å². The molecule has 1 N–H and O–H groups in total. The quantitative estimate of drug-likeness (QED) is 0.712. The first kappa shape index (κ1) is 14.7. The predicted octanol–water partition coefficient (Wildman–Crippen LogP) is 1.85. The van der Waals surface area contributed by atoms with Crippen molar-refractivity contribution in [2.75, 3.05) is 13.1 Å². The standard InChI is InChI=1S/C11H23ClN2O/c1-8(2)14(9(3)4)7-6-13-11(15)10(5)12/h8-10H,6-7H2,1-5H3,(H,13,15). The van der Waals surface area contributed by atoms with Gasteiger partial charge in [0.25, 0.3) is 0 Å². The third-order valence-corrected chi connectivity index (χ3v) is 2.56. The van der Waals surface area contributed by atoms with Crippen molar-refractivity contribution in [1.29, 1.82) is 0 Å². The first-order valence-corrected chi connectivity index (χ1v) is 5.97. The van der Waals surface area contributed by atoms with Crippen molar-refractivity contribution >= 4 is 17.5 Å². The fraction of sp³-hybridized carbons (Fsp3) is 0.909. The average molecular weight is 235 g/mol. The van der Waals surface area contributed by atoms with E-state index in [9.17, 15) is 4.79 Å². The lowest BCUT2D eigenvalue weighted by molar-refractivity contribution is -0.120. The zero-order chi connectivity index (χ0) is 12.0. The summed E-state index contributed by atoms with van der Waals surface area (Å²) in [4.78, 5) is 13.5. The molecule has 1 unspecified atom stereocenters. The Labute approximate surface area is 98.2 Å². The summed E-state index contributed by atoms with van der Waals surface area (Å²) in [5.41, 5.74) is 0. The van der Waals surface area contributed by atoms with E-state index in [-0.39, 0.29) is 5.91 Å². The summed E-state index contributed by atoms with van der Waals surface area (Å²) in [7, 11) is 0. The number of amides is 1. The van der Waals surface area contributed by atoms with E-state index in [0.717, 1.165) is 6.54 Å². The number of hydrogen-bond donors (Lipinski definition) is 1. The van der Waals surface area contributed by atoms with Gasteiger partial charge in [-0.3, -0.25) is 9.69 Å². The topological polar surface area (TPSA) is 32.3 Å². The van der Waals surface area contributed by atoms with Crippen LogP contribution in [0.5, 0.6) is 0 Å². The Kier molecular flexibility index (Phi) is 6.94. The van der Waals surface area contributed by atoms with Crippen LogP contribution in [0, 0.1) is 0 Å². The molecular formula is C11H23ClN2O. The fourth-order valence-corrected chi connectivity index (χ4v) is 1.64. The highest BCUT2D eigenvalue weighted by molar-refractivity contribution is 6.30. The highest BCUT2D eigenvalue weighted by atomic mass is 35.5. The van der Waals surface area contributed by atoms with Crippen LogP contribution in [0.1, 0.15) is 34.6 Å². The lowest BCUT2D eigenvalue weighted by atomic mass is 10.2. The molecular weight excluding hydrogens is 212 g/mol. The Balaban J connectivity index is 3.87. The van der Waals surface area contributed by atoms with Crippen molar-refractivity contribution in [3.63, 3.8) is 0 Å². The van der Waals surface area contributed by atoms with Gasteiger partial charge >= 0.3 is 0 Å². The molecule has 0 heterocycles. The van der Waals surface area contributed by atoms with Gasteiger partial charge in [0.05, 0.1) is 0 Å². The first-order chi connectivity index (χ1) is 6.86. The smallest absolute Gasteiger partial charge is 0.237 e. The number of hydrogen-bond acceptors (Lipinski definition) is 2. The SMILES string of the molecule is CC(Cl)C(=O)NCCN(C(C)C)C(C)C. The third-order valence-electron chi connectivity index (χ3n) is 2.36. The van der Waals surface area contributed by atoms with Crippen LogP contribution in [-0.4, -0.2) is 41.4 Å². The van der Waals surface area contributed by atoms with Crippen LogP contribution < -0.4 is 5.32 Å². The van der Waals surface area contributed by atoms with Gasteiger partial charge in [0.15, 0.2) is 0 Å². The van der Waals surface area contributed by atoms with Crippen molar-refractivity contribution in [2.24, 2.45) is 0 Å². The van der Waals surface area contributed by atoms with Crippen LogP contribution in [0.4, 0.5) is 0 Å². The molecule has 1 amide bonds. The van der Waals surface area contributed by atoms with E-state index >= 15 is 0 Å². The van der Waals surface area contributed by atoms with Gasteiger partial charge in [-0.05, 0) is 34.6 Å². The molecule has 0 spiro atoms. The number of carbonyl (C=O) groups is 1. The fourth-order valence-electron chi connectivity index (χ4n) is 1.56. The van der Waals surface area contributed by atoms with E-state index in [1.165, 1.54) is 0 Å². The van der Waals surface area contributed by atoms with Gasteiger partial charge in [-0.15, -0.1) is 11.6 Å². The second-order valence-corrected chi connectivity index (χ2v) is 4.99. The summed E-state index contributed by atoms with van der Waals surface area (Å²) in [5, 5.41) is 2.36. The van der Waals surface area contributed by atoms with E-state index < -0.39 is 5.38 Å². The molecule has 3 nitrogen and oxygen atoms in total. The molecule has 0 aromatic heterocycles. The number of rotatable bonds is 6. The normalized spacial score (nSPS) is 13.7. The minimum Gasteiger partial charge on any atom is -0.354 e. The van der Waals surface area contributed by atoms with Gasteiger partial charge in [0.2, 0.25) is 5.91 Å². The minimum atomic E-state index is -0.448. The third kappa shape index (κ3) is 6.00. The molecule has 4 heteroatoms. The molecule has 90 valence electrons. The minimum absolute atomic E-state index is 0.0934. The molecule has 0 rings (SSSR count). The number of halogens is 1. The van der Waals surface area contributed by atoms with Crippen molar-refractivity contribution < 1.29 is 4.79 Å². The van der Waals surface area contributed by atoms with Crippen molar-refractivity contribution in [1.82, 2.24) is 10.2 Å². The van der Waals surface area contributed by atoms with Gasteiger partial charge < -0.3 is 5.32 Å².